The third kappa shape index (κ3) is 5.56. The second-order valence-corrected chi connectivity index (χ2v) is 7.75. The van der Waals surface area contributed by atoms with Crippen LogP contribution in [0.5, 0.6) is 0 Å². The van der Waals surface area contributed by atoms with Gasteiger partial charge < -0.3 is 10.1 Å². The maximum atomic E-state index is 6.45. The molecule has 0 saturated heterocycles. The van der Waals surface area contributed by atoms with E-state index in [1.165, 1.54) is 57.8 Å². The van der Waals surface area contributed by atoms with Crippen LogP contribution in [0, 0.1) is 17.8 Å². The zero-order valence-electron chi connectivity index (χ0n) is 14.6. The Morgan fingerprint density at radius 3 is 2.48 bits per heavy atom. The van der Waals surface area contributed by atoms with Gasteiger partial charge in [0.25, 0.3) is 0 Å². The highest BCUT2D eigenvalue weighted by Crippen LogP contribution is 2.33. The fourth-order valence-electron chi connectivity index (χ4n) is 4.13. The van der Waals surface area contributed by atoms with Crippen molar-refractivity contribution in [3.63, 3.8) is 0 Å². The lowest BCUT2D eigenvalue weighted by Gasteiger charge is -2.39. The van der Waals surface area contributed by atoms with Gasteiger partial charge in [-0.3, -0.25) is 0 Å². The number of nitrogens with one attached hydrogen (secondary N) is 1. The number of hydrogen-bond acceptors (Lipinski definition) is 2. The van der Waals surface area contributed by atoms with E-state index in [4.69, 9.17) is 4.74 Å². The van der Waals surface area contributed by atoms with Crippen LogP contribution in [0.15, 0.2) is 0 Å². The molecule has 0 bridgehead atoms. The Morgan fingerprint density at radius 1 is 1.05 bits per heavy atom. The predicted octanol–water partition coefficient (Wildman–Crippen LogP) is 4.78. The number of ether oxygens (including phenoxy) is 1. The van der Waals surface area contributed by atoms with E-state index in [1.807, 2.05) is 0 Å². The van der Waals surface area contributed by atoms with Gasteiger partial charge in [-0.15, -0.1) is 0 Å². The molecule has 21 heavy (non-hydrogen) atoms. The molecule has 0 spiro atoms. The molecule has 0 aromatic rings. The third-order valence-corrected chi connectivity index (χ3v) is 5.70. The first-order chi connectivity index (χ1) is 10.2. The fourth-order valence-corrected chi connectivity index (χ4v) is 4.13. The summed E-state index contributed by atoms with van der Waals surface area (Å²) < 4.78 is 6.45. The standard InChI is InChI=1S/C19H37NO/c1-4-12-20-18-11-10-17(15(2)3)13-19(18)21-14-16-8-6-5-7-9-16/h15-20H,4-14H2,1-3H3. The molecule has 2 rings (SSSR count). The monoisotopic (exact) mass is 295 g/mol. The van der Waals surface area contributed by atoms with Crippen LogP contribution < -0.4 is 5.32 Å². The van der Waals surface area contributed by atoms with Crippen molar-refractivity contribution < 1.29 is 4.74 Å². The summed E-state index contributed by atoms with van der Waals surface area (Å²) in [5, 5.41) is 3.74. The Labute approximate surface area is 132 Å². The molecule has 2 saturated carbocycles. The highest BCUT2D eigenvalue weighted by atomic mass is 16.5. The molecule has 2 aliphatic carbocycles. The highest BCUT2D eigenvalue weighted by molar-refractivity contribution is 4.87. The van der Waals surface area contributed by atoms with Gasteiger partial charge in [0.1, 0.15) is 0 Å². The van der Waals surface area contributed by atoms with Gasteiger partial charge in [0.2, 0.25) is 0 Å². The first kappa shape index (κ1) is 17.3. The van der Waals surface area contributed by atoms with E-state index in [0.29, 0.717) is 12.1 Å². The van der Waals surface area contributed by atoms with Crippen molar-refractivity contribution in [2.24, 2.45) is 17.8 Å². The SMILES string of the molecule is CCCNC1CCC(C(C)C)CC1OCC1CCCCC1. The Kier molecular flexibility index (Phi) is 7.53. The lowest BCUT2D eigenvalue weighted by atomic mass is 9.78. The van der Waals surface area contributed by atoms with E-state index in [1.54, 1.807) is 0 Å². The van der Waals surface area contributed by atoms with E-state index in [9.17, 15) is 0 Å². The van der Waals surface area contributed by atoms with Crippen molar-refractivity contribution in [3.05, 3.63) is 0 Å². The molecule has 0 heterocycles. The molecular formula is C19H37NO. The van der Waals surface area contributed by atoms with Gasteiger partial charge in [0.15, 0.2) is 0 Å². The summed E-state index contributed by atoms with van der Waals surface area (Å²) in [6.45, 7) is 9.16. The summed E-state index contributed by atoms with van der Waals surface area (Å²) >= 11 is 0. The van der Waals surface area contributed by atoms with Crippen LogP contribution in [0.4, 0.5) is 0 Å². The average Bonchev–Trinajstić information content (AvgIpc) is 2.52. The third-order valence-electron chi connectivity index (χ3n) is 5.70. The van der Waals surface area contributed by atoms with Crippen LogP contribution in [-0.4, -0.2) is 25.3 Å². The lowest BCUT2D eigenvalue weighted by Crippen LogP contribution is -2.47. The van der Waals surface area contributed by atoms with E-state index in [2.05, 4.69) is 26.1 Å². The van der Waals surface area contributed by atoms with Crippen LogP contribution in [0.2, 0.25) is 0 Å². The zero-order chi connectivity index (χ0) is 15.1. The second-order valence-electron chi connectivity index (χ2n) is 7.75. The first-order valence-corrected chi connectivity index (χ1v) is 9.55. The summed E-state index contributed by atoms with van der Waals surface area (Å²) in [7, 11) is 0. The fraction of sp³-hybridized carbons (Fsp3) is 1.00. The van der Waals surface area contributed by atoms with Gasteiger partial charge in [0.05, 0.1) is 6.10 Å². The second kappa shape index (κ2) is 9.15. The first-order valence-electron chi connectivity index (χ1n) is 9.55. The molecule has 0 radical (unpaired) electrons. The van der Waals surface area contributed by atoms with Gasteiger partial charge in [-0.2, -0.15) is 0 Å². The summed E-state index contributed by atoms with van der Waals surface area (Å²) in [6.07, 6.45) is 12.7. The maximum Gasteiger partial charge on any atom is 0.0730 e. The van der Waals surface area contributed by atoms with Crippen molar-refractivity contribution in [1.82, 2.24) is 5.32 Å². The van der Waals surface area contributed by atoms with E-state index in [-0.39, 0.29) is 0 Å². The van der Waals surface area contributed by atoms with Gasteiger partial charge in [-0.25, -0.2) is 0 Å². The van der Waals surface area contributed by atoms with Gasteiger partial charge in [-0.05, 0) is 62.8 Å². The van der Waals surface area contributed by atoms with Crippen molar-refractivity contribution in [2.45, 2.75) is 90.7 Å². The van der Waals surface area contributed by atoms with Crippen LogP contribution in [-0.2, 0) is 4.74 Å². The molecule has 0 aromatic carbocycles. The topological polar surface area (TPSA) is 21.3 Å². The smallest absolute Gasteiger partial charge is 0.0730 e. The predicted molar refractivity (Wildman–Crippen MR) is 90.6 cm³/mol. The lowest BCUT2D eigenvalue weighted by molar-refractivity contribution is -0.0355. The van der Waals surface area contributed by atoms with Crippen molar-refractivity contribution in [3.8, 4) is 0 Å². The quantitative estimate of drug-likeness (QED) is 0.730. The molecule has 0 amide bonds. The minimum atomic E-state index is 0.458. The average molecular weight is 296 g/mol. The van der Waals surface area contributed by atoms with Crippen LogP contribution >= 0.6 is 0 Å². The molecule has 0 aromatic heterocycles. The molecule has 2 aliphatic rings. The maximum absolute atomic E-state index is 6.45. The highest BCUT2D eigenvalue weighted by Gasteiger charge is 2.32. The van der Waals surface area contributed by atoms with Crippen molar-refractivity contribution in [1.29, 1.82) is 0 Å². The summed E-state index contributed by atoms with van der Waals surface area (Å²) in [5.74, 6) is 2.50. The number of rotatable bonds is 7. The summed E-state index contributed by atoms with van der Waals surface area (Å²) in [6, 6.07) is 0.601. The summed E-state index contributed by atoms with van der Waals surface area (Å²) in [4.78, 5) is 0. The Bertz CT molecular complexity index is 273. The van der Waals surface area contributed by atoms with Crippen molar-refractivity contribution >= 4 is 0 Å². The number of hydrogen-bond donors (Lipinski definition) is 1. The molecule has 2 heteroatoms. The van der Waals surface area contributed by atoms with Crippen LogP contribution in [0.25, 0.3) is 0 Å². The molecule has 2 fully saturated rings. The zero-order valence-corrected chi connectivity index (χ0v) is 14.6. The van der Waals surface area contributed by atoms with Gasteiger partial charge in [-0.1, -0.05) is 40.0 Å². The van der Waals surface area contributed by atoms with Crippen LogP contribution in [0.1, 0.15) is 78.6 Å². The Morgan fingerprint density at radius 2 is 1.81 bits per heavy atom. The molecule has 3 unspecified atom stereocenters. The van der Waals surface area contributed by atoms with E-state index in [0.717, 1.165) is 30.9 Å². The van der Waals surface area contributed by atoms with E-state index >= 15 is 0 Å². The van der Waals surface area contributed by atoms with Gasteiger partial charge in [0, 0.05) is 12.6 Å². The normalized spacial score (nSPS) is 31.7. The molecule has 124 valence electrons. The van der Waals surface area contributed by atoms with Gasteiger partial charge >= 0.3 is 0 Å². The molecule has 0 aliphatic heterocycles. The molecule has 1 N–H and O–H groups in total. The largest absolute Gasteiger partial charge is 0.376 e. The molecule has 3 atom stereocenters. The van der Waals surface area contributed by atoms with Crippen LogP contribution in [0.3, 0.4) is 0 Å². The Balaban J connectivity index is 1.82. The minimum Gasteiger partial charge on any atom is -0.376 e. The summed E-state index contributed by atoms with van der Waals surface area (Å²) in [5.41, 5.74) is 0. The Hall–Kier alpha value is -0.0800. The van der Waals surface area contributed by atoms with Crippen molar-refractivity contribution in [2.75, 3.05) is 13.2 Å². The molecular weight excluding hydrogens is 258 g/mol. The van der Waals surface area contributed by atoms with E-state index < -0.39 is 0 Å². The minimum absolute atomic E-state index is 0.458. The molecule has 2 nitrogen and oxygen atoms in total.